The molecule has 0 aromatic heterocycles. The van der Waals surface area contributed by atoms with Crippen LogP contribution in [-0.4, -0.2) is 38.9 Å². The lowest BCUT2D eigenvalue weighted by molar-refractivity contribution is -0.0390. The zero-order chi connectivity index (χ0) is 21.0. The Balaban J connectivity index is 0.00000341. The van der Waals surface area contributed by atoms with Gasteiger partial charge < -0.3 is 24.8 Å². The molecule has 0 atom stereocenters. The molecule has 1 saturated heterocycles. The number of nitrogens with zero attached hydrogens (tertiary/aromatic N) is 1. The van der Waals surface area contributed by atoms with E-state index in [4.69, 9.17) is 14.2 Å². The van der Waals surface area contributed by atoms with Crippen molar-refractivity contribution in [1.29, 1.82) is 0 Å². The normalized spacial score (nSPS) is 14.6. The molecule has 6 nitrogen and oxygen atoms in total. The van der Waals surface area contributed by atoms with Gasteiger partial charge in [-0.2, -0.15) is 0 Å². The minimum absolute atomic E-state index is 0. The quantitative estimate of drug-likeness (QED) is 0.283. The maximum Gasteiger partial charge on any atom is 0.191 e. The van der Waals surface area contributed by atoms with Crippen LogP contribution in [0.2, 0.25) is 0 Å². The van der Waals surface area contributed by atoms with Gasteiger partial charge in [0.2, 0.25) is 0 Å². The molecule has 2 N–H and O–H groups in total. The second-order valence-electron chi connectivity index (χ2n) is 7.34. The predicted octanol–water partition coefficient (Wildman–Crippen LogP) is 4.26. The van der Waals surface area contributed by atoms with Gasteiger partial charge in [-0.05, 0) is 48.6 Å². The molecular formula is C24H34IN3O3. The third-order valence-corrected chi connectivity index (χ3v) is 5.06. The smallest absolute Gasteiger partial charge is 0.191 e. The van der Waals surface area contributed by atoms with E-state index in [1.807, 2.05) is 24.3 Å². The molecule has 0 radical (unpaired) electrons. The second-order valence-corrected chi connectivity index (χ2v) is 7.34. The molecule has 0 saturated carbocycles. The van der Waals surface area contributed by atoms with Crippen molar-refractivity contribution in [2.75, 3.05) is 26.9 Å². The summed E-state index contributed by atoms with van der Waals surface area (Å²) < 4.78 is 16.6. The van der Waals surface area contributed by atoms with Crippen molar-refractivity contribution in [3.63, 3.8) is 0 Å². The molecule has 7 heteroatoms. The van der Waals surface area contributed by atoms with Gasteiger partial charge in [-0.1, -0.05) is 36.4 Å². The lowest BCUT2D eigenvalue weighted by Crippen LogP contribution is -2.36. The summed E-state index contributed by atoms with van der Waals surface area (Å²) in [6.45, 7) is 6.49. The first-order chi connectivity index (χ1) is 14.8. The number of aliphatic imine (C=N–C) groups is 1. The maximum atomic E-state index is 5.99. The van der Waals surface area contributed by atoms with E-state index in [2.05, 4.69) is 46.8 Å². The monoisotopic (exact) mass is 539 g/mol. The van der Waals surface area contributed by atoms with Gasteiger partial charge in [0.25, 0.3) is 0 Å². The fourth-order valence-electron chi connectivity index (χ4n) is 3.24. The number of guanidine groups is 1. The van der Waals surface area contributed by atoms with Gasteiger partial charge in [0, 0.05) is 26.3 Å². The molecule has 1 aliphatic heterocycles. The van der Waals surface area contributed by atoms with Crippen LogP contribution in [-0.2, 0) is 29.2 Å². The highest BCUT2D eigenvalue weighted by Crippen LogP contribution is 2.14. The molecule has 1 heterocycles. The lowest BCUT2D eigenvalue weighted by atomic mass is 10.1. The van der Waals surface area contributed by atoms with Crippen LogP contribution >= 0.6 is 24.0 Å². The van der Waals surface area contributed by atoms with Crippen LogP contribution in [0, 0.1) is 0 Å². The summed E-state index contributed by atoms with van der Waals surface area (Å²) in [5.41, 5.74) is 3.55. The third kappa shape index (κ3) is 9.04. The van der Waals surface area contributed by atoms with Crippen LogP contribution in [0.4, 0.5) is 0 Å². The van der Waals surface area contributed by atoms with E-state index in [0.717, 1.165) is 56.4 Å². The highest BCUT2D eigenvalue weighted by molar-refractivity contribution is 14.0. The van der Waals surface area contributed by atoms with Crippen LogP contribution in [0.15, 0.2) is 53.5 Å². The molecule has 2 aromatic rings. The van der Waals surface area contributed by atoms with E-state index >= 15 is 0 Å². The molecule has 0 amide bonds. The Bertz CT molecular complexity index is 776. The average molecular weight is 539 g/mol. The number of hydrogen-bond donors (Lipinski definition) is 2. The minimum Gasteiger partial charge on any atom is -0.497 e. The Labute approximate surface area is 202 Å². The summed E-state index contributed by atoms with van der Waals surface area (Å²) >= 11 is 0. The standard InChI is InChI=1S/C24H33N3O3.HI/c1-3-25-24(27-17-20-8-10-22(28-2)11-9-20)26-16-19-4-6-21(7-5-19)18-30-23-12-14-29-15-13-23;/h4-11,23H,3,12-18H2,1-2H3,(H2,25,26,27);1H. The number of methoxy groups -OCH3 is 1. The largest absolute Gasteiger partial charge is 0.497 e. The fourth-order valence-corrected chi connectivity index (χ4v) is 3.24. The van der Waals surface area contributed by atoms with Crippen molar-refractivity contribution in [2.24, 2.45) is 4.99 Å². The van der Waals surface area contributed by atoms with Crippen molar-refractivity contribution >= 4 is 29.9 Å². The minimum atomic E-state index is 0. The van der Waals surface area contributed by atoms with Crippen molar-refractivity contribution in [1.82, 2.24) is 10.6 Å². The number of hydrogen-bond acceptors (Lipinski definition) is 4. The van der Waals surface area contributed by atoms with Crippen molar-refractivity contribution in [2.45, 2.75) is 45.6 Å². The molecule has 31 heavy (non-hydrogen) atoms. The van der Waals surface area contributed by atoms with Crippen molar-refractivity contribution < 1.29 is 14.2 Å². The zero-order valence-corrected chi connectivity index (χ0v) is 20.8. The lowest BCUT2D eigenvalue weighted by Gasteiger charge is -2.22. The van der Waals surface area contributed by atoms with E-state index in [0.29, 0.717) is 19.3 Å². The number of benzene rings is 2. The Morgan fingerprint density at radius 1 is 0.968 bits per heavy atom. The Morgan fingerprint density at radius 3 is 2.26 bits per heavy atom. The van der Waals surface area contributed by atoms with Crippen molar-refractivity contribution in [3.05, 3.63) is 65.2 Å². The molecule has 0 spiro atoms. The Morgan fingerprint density at radius 2 is 1.61 bits per heavy atom. The van der Waals surface area contributed by atoms with Gasteiger partial charge >= 0.3 is 0 Å². The summed E-state index contributed by atoms with van der Waals surface area (Å²) in [5.74, 6) is 1.66. The number of ether oxygens (including phenoxy) is 3. The molecule has 2 aromatic carbocycles. The molecule has 170 valence electrons. The van der Waals surface area contributed by atoms with E-state index < -0.39 is 0 Å². The Kier molecular flexibility index (Phi) is 11.7. The van der Waals surface area contributed by atoms with Crippen LogP contribution in [0.1, 0.15) is 36.5 Å². The number of nitrogens with one attached hydrogen (secondary N) is 2. The summed E-state index contributed by atoms with van der Waals surface area (Å²) in [6.07, 6.45) is 2.31. The van der Waals surface area contributed by atoms with Gasteiger partial charge in [-0.25, -0.2) is 4.99 Å². The first kappa shape index (κ1) is 25.4. The van der Waals surface area contributed by atoms with Gasteiger partial charge in [-0.3, -0.25) is 0 Å². The van der Waals surface area contributed by atoms with E-state index in [-0.39, 0.29) is 24.0 Å². The molecule has 0 bridgehead atoms. The van der Waals surface area contributed by atoms with Gasteiger partial charge in [0.15, 0.2) is 5.96 Å². The zero-order valence-electron chi connectivity index (χ0n) is 18.4. The number of rotatable bonds is 9. The SMILES string of the molecule is CCNC(=NCc1ccc(OC)cc1)NCc1ccc(COC2CCOCC2)cc1.I. The van der Waals surface area contributed by atoms with E-state index in [1.54, 1.807) is 7.11 Å². The molecule has 1 fully saturated rings. The molecular weight excluding hydrogens is 505 g/mol. The second kappa shape index (κ2) is 14.3. The van der Waals surface area contributed by atoms with Crippen LogP contribution in [0.3, 0.4) is 0 Å². The molecule has 0 unspecified atom stereocenters. The molecule has 0 aliphatic carbocycles. The topological polar surface area (TPSA) is 64.1 Å². The Hall–Kier alpha value is -1.84. The first-order valence-electron chi connectivity index (χ1n) is 10.7. The summed E-state index contributed by atoms with van der Waals surface area (Å²) in [7, 11) is 1.67. The van der Waals surface area contributed by atoms with E-state index in [9.17, 15) is 0 Å². The predicted molar refractivity (Wildman–Crippen MR) is 135 cm³/mol. The van der Waals surface area contributed by atoms with Gasteiger partial charge in [0.05, 0.1) is 26.4 Å². The van der Waals surface area contributed by atoms with E-state index in [1.165, 1.54) is 11.1 Å². The average Bonchev–Trinajstić information content (AvgIpc) is 2.81. The summed E-state index contributed by atoms with van der Waals surface area (Å²) in [6, 6.07) is 16.5. The third-order valence-electron chi connectivity index (χ3n) is 5.06. The molecule has 3 rings (SSSR count). The highest BCUT2D eigenvalue weighted by Gasteiger charge is 2.13. The van der Waals surface area contributed by atoms with Crippen LogP contribution < -0.4 is 15.4 Å². The maximum absolute atomic E-state index is 5.99. The molecule has 1 aliphatic rings. The van der Waals surface area contributed by atoms with Crippen LogP contribution in [0.25, 0.3) is 0 Å². The van der Waals surface area contributed by atoms with Gasteiger partial charge in [-0.15, -0.1) is 24.0 Å². The van der Waals surface area contributed by atoms with Crippen LogP contribution in [0.5, 0.6) is 5.75 Å². The summed E-state index contributed by atoms with van der Waals surface area (Å²) in [5, 5.41) is 6.70. The number of halogens is 1. The fraction of sp³-hybridized carbons (Fsp3) is 0.458. The summed E-state index contributed by atoms with van der Waals surface area (Å²) in [4.78, 5) is 4.68. The first-order valence-corrected chi connectivity index (χ1v) is 10.7. The van der Waals surface area contributed by atoms with Crippen molar-refractivity contribution in [3.8, 4) is 5.75 Å². The highest BCUT2D eigenvalue weighted by atomic mass is 127. The van der Waals surface area contributed by atoms with Gasteiger partial charge in [0.1, 0.15) is 5.75 Å².